The monoisotopic (exact) mass is 1440 g/mol. The predicted molar refractivity (Wildman–Crippen MR) is 375 cm³/mol. The number of benzene rings is 1. The van der Waals surface area contributed by atoms with Gasteiger partial charge in [-0.1, -0.05) is 58.4 Å². The van der Waals surface area contributed by atoms with Crippen molar-refractivity contribution in [3.05, 3.63) is 35.4 Å². The molecule has 0 aromatic heterocycles. The summed E-state index contributed by atoms with van der Waals surface area (Å²) in [5, 5.41) is 63.1. The lowest BCUT2D eigenvalue weighted by molar-refractivity contribution is -0.140. The third-order valence-electron chi connectivity index (χ3n) is 16.4. The summed E-state index contributed by atoms with van der Waals surface area (Å²) in [5.41, 5.74) is 6.40. The number of hydrogen-bond donors (Lipinski definition) is 13. The summed E-state index contributed by atoms with van der Waals surface area (Å²) in [6.45, 7) is 14.8. The van der Waals surface area contributed by atoms with Crippen LogP contribution in [0.2, 0.25) is 0 Å². The number of carbonyl (C=O) groups is 11. The number of ether oxygens (including phenoxy) is 3. The molecule has 2 aliphatic heterocycles. The molecule has 0 radical (unpaired) electrons. The standard InChI is InChI=1S/C66H113N13O18S2/c1-7-47(4)60-64(93)72-52(45-99-44-49-14-10-13-48(38-49)43-98-36-18-55(82)75-66(5,6)65(94)73-51(37-46(2)3)63(92)74-60)62(91)70-21-12-31-96-33-35-97-34-32-95-30-11-20-68-53(80)16-17-54(81)71-50(61(67)90)15-8-9-19-69-56(83)39-76-22-24-77(40-57(84)85)26-28-79(42-59(88)89)29-27-78(25-23-76)41-58(86)87/h10,13-14,38,46-47,50-52,60,64,72,93H,7-9,11-12,15-37,39-45H2,1-6H3,(H2,67,90)(H,68,80)(H,69,83)(H,70,91)(H,71,81)(H,73,94)(H,74,92)(H,75,82)(H,84,85)(H,86,87)(H,88,89)/t47-,50-,51-,52-,60-,64?/m0/s1. The van der Waals surface area contributed by atoms with E-state index in [9.17, 15) is 73.2 Å². The first-order chi connectivity index (χ1) is 47.1. The predicted octanol–water partition coefficient (Wildman–Crippen LogP) is -0.636. The smallest absolute Gasteiger partial charge is 0.317 e. The van der Waals surface area contributed by atoms with E-state index >= 15 is 0 Å². The van der Waals surface area contributed by atoms with Crippen LogP contribution in [0, 0.1) is 11.8 Å². The number of rotatable bonds is 37. The summed E-state index contributed by atoms with van der Waals surface area (Å²) in [6, 6.07) is 4.47. The first-order valence-electron chi connectivity index (χ1n) is 34.4. The number of nitrogens with one attached hydrogen (secondary N) is 8. The summed E-state index contributed by atoms with van der Waals surface area (Å²) in [7, 11) is 0. The third kappa shape index (κ3) is 39.5. The van der Waals surface area contributed by atoms with Gasteiger partial charge < -0.3 is 77.6 Å². The highest BCUT2D eigenvalue weighted by Gasteiger charge is 2.36. The molecule has 1 fully saturated rings. The van der Waals surface area contributed by atoms with E-state index in [2.05, 4.69) is 48.6 Å². The molecule has 0 aliphatic carbocycles. The second-order valence-electron chi connectivity index (χ2n) is 25.9. The average Bonchev–Trinajstić information content (AvgIpc) is 0.854. The van der Waals surface area contributed by atoms with Crippen LogP contribution in [0.25, 0.3) is 0 Å². The lowest BCUT2D eigenvalue weighted by atomic mass is 9.95. The van der Waals surface area contributed by atoms with Crippen molar-refractivity contribution in [1.29, 1.82) is 0 Å². The largest absolute Gasteiger partial charge is 0.480 e. The minimum absolute atomic E-state index is 0.0140. The van der Waals surface area contributed by atoms with E-state index in [1.54, 1.807) is 45.2 Å². The number of unbranched alkanes of at least 4 members (excludes halogenated alkanes) is 1. The van der Waals surface area contributed by atoms with Crippen molar-refractivity contribution in [2.24, 2.45) is 17.6 Å². The van der Waals surface area contributed by atoms with Crippen molar-refractivity contribution >= 4 is 88.7 Å². The molecule has 1 saturated heterocycles. The molecule has 8 amide bonds. The SMILES string of the molecule is CC[C@H](C)[C@@H]1NC(=O)[C@H](CC(C)C)NC(=O)C(C)(C)NC(=O)CCSCc2cccc(c2)CSC[C@@H](C(=O)NCCCOCCOCCOCCCNC(=O)CCC(=O)N[C@@H](CCCCNC(=O)CN2CCN(CC(=O)O)CCN(CC(=O)O)CCN(CC(=O)O)CC2)C(N)=O)NC1O. The van der Waals surface area contributed by atoms with Crippen molar-refractivity contribution in [2.75, 3.05) is 149 Å². The van der Waals surface area contributed by atoms with Gasteiger partial charge in [-0.2, -0.15) is 23.5 Å². The Labute approximate surface area is 591 Å². The highest BCUT2D eigenvalue weighted by Crippen LogP contribution is 2.21. The Morgan fingerprint density at radius 3 is 1.68 bits per heavy atom. The van der Waals surface area contributed by atoms with Crippen molar-refractivity contribution in [2.45, 2.75) is 153 Å². The summed E-state index contributed by atoms with van der Waals surface area (Å²) in [5.74, 6) is -4.87. The van der Waals surface area contributed by atoms with Gasteiger partial charge in [0.25, 0.3) is 0 Å². The molecule has 14 N–H and O–H groups in total. The third-order valence-corrected chi connectivity index (χ3v) is 18.5. The topological polar surface area (TPSA) is 432 Å². The molecule has 1 unspecified atom stereocenters. The second kappa shape index (κ2) is 49.3. The number of aliphatic hydroxyl groups is 1. The van der Waals surface area contributed by atoms with Gasteiger partial charge in [-0.05, 0) is 75.3 Å². The van der Waals surface area contributed by atoms with Crippen molar-refractivity contribution in [1.82, 2.24) is 62.1 Å². The number of fused-ring (bicyclic) bond motifs is 2. The molecular weight excluding hydrogens is 1330 g/mol. The van der Waals surface area contributed by atoms with E-state index in [0.29, 0.717) is 114 Å². The number of carboxylic acids is 3. The fourth-order valence-electron chi connectivity index (χ4n) is 10.6. The lowest BCUT2D eigenvalue weighted by Crippen LogP contribution is -2.63. The average molecular weight is 1440 g/mol. The zero-order chi connectivity index (χ0) is 73.1. The number of nitrogens with zero attached hydrogens (tertiary/aromatic N) is 4. The summed E-state index contributed by atoms with van der Waals surface area (Å²) >= 11 is 3.13. The zero-order valence-corrected chi connectivity index (χ0v) is 60.4. The molecule has 2 heterocycles. The molecule has 1 aromatic rings. The van der Waals surface area contributed by atoms with Gasteiger partial charge in [0.05, 0.1) is 64.7 Å². The first kappa shape index (κ1) is 86.9. The van der Waals surface area contributed by atoms with Crippen molar-refractivity contribution < 1.29 is 87.4 Å². The maximum atomic E-state index is 14.0. The van der Waals surface area contributed by atoms with Crippen LogP contribution in [-0.2, 0) is 78.5 Å². The van der Waals surface area contributed by atoms with Gasteiger partial charge in [0.15, 0.2) is 0 Å². The number of aliphatic hydroxyl groups excluding tert-OH is 1. The zero-order valence-electron chi connectivity index (χ0n) is 58.8. The van der Waals surface area contributed by atoms with Crippen LogP contribution >= 0.6 is 23.5 Å². The summed E-state index contributed by atoms with van der Waals surface area (Å²) in [4.78, 5) is 146. The van der Waals surface area contributed by atoms with E-state index in [0.717, 1.165) is 11.1 Å². The van der Waals surface area contributed by atoms with Gasteiger partial charge in [0.2, 0.25) is 47.3 Å². The Hall–Kier alpha value is -6.27. The fourth-order valence-corrected chi connectivity index (χ4v) is 12.5. The van der Waals surface area contributed by atoms with Gasteiger partial charge in [0, 0.05) is 127 Å². The number of aliphatic carboxylic acids is 3. The number of primary amides is 1. The highest BCUT2D eigenvalue weighted by molar-refractivity contribution is 7.98. The lowest BCUT2D eigenvalue weighted by Gasteiger charge is -2.34. The van der Waals surface area contributed by atoms with Gasteiger partial charge >= 0.3 is 17.9 Å². The number of amides is 8. The van der Waals surface area contributed by atoms with Gasteiger partial charge in [-0.3, -0.25) is 77.7 Å². The minimum atomic E-state index is -1.34. The molecule has 31 nitrogen and oxygen atoms in total. The van der Waals surface area contributed by atoms with Crippen LogP contribution in [0.5, 0.6) is 0 Å². The van der Waals surface area contributed by atoms with E-state index in [4.69, 9.17) is 19.9 Å². The maximum absolute atomic E-state index is 14.0. The molecule has 562 valence electrons. The van der Waals surface area contributed by atoms with E-state index in [1.807, 2.05) is 45.9 Å². The second-order valence-corrected chi connectivity index (χ2v) is 28.0. The molecule has 1 aromatic carbocycles. The number of carboxylic acid groups (broad SMARTS) is 3. The Kier molecular flexibility index (Phi) is 43.3. The number of nitrogens with two attached hydrogens (primary N) is 1. The summed E-state index contributed by atoms with van der Waals surface area (Å²) < 4.78 is 17.0. The van der Waals surface area contributed by atoms with Crippen LogP contribution in [0.4, 0.5) is 0 Å². The van der Waals surface area contributed by atoms with Crippen molar-refractivity contribution in [3.63, 3.8) is 0 Å². The van der Waals surface area contributed by atoms with Crippen LogP contribution < -0.4 is 48.3 Å². The van der Waals surface area contributed by atoms with Crippen LogP contribution in [0.15, 0.2) is 24.3 Å². The number of thioether (sulfide) groups is 2. The first-order valence-corrected chi connectivity index (χ1v) is 36.7. The van der Waals surface area contributed by atoms with Gasteiger partial charge in [-0.15, -0.1) is 0 Å². The molecule has 6 atom stereocenters. The molecule has 3 rings (SSSR count). The van der Waals surface area contributed by atoms with Crippen LogP contribution in [-0.4, -0.2) is 290 Å². The van der Waals surface area contributed by atoms with Gasteiger partial charge in [0.1, 0.15) is 23.9 Å². The molecular formula is C66H113N13O18S2. The molecule has 0 saturated carbocycles. The number of hydrogen-bond acceptors (Lipinski definition) is 22. The fraction of sp³-hybridized carbons (Fsp3) is 0.742. The molecule has 99 heavy (non-hydrogen) atoms. The van der Waals surface area contributed by atoms with E-state index in [1.165, 1.54) is 11.8 Å². The Bertz CT molecular complexity index is 2640. The normalized spacial score (nSPS) is 20.3. The number of carbonyl (C=O) groups excluding carboxylic acids is 8. The Balaban J connectivity index is 1.33. The van der Waals surface area contributed by atoms with Crippen LogP contribution in [0.3, 0.4) is 0 Å². The molecule has 2 aliphatic rings. The van der Waals surface area contributed by atoms with E-state index in [-0.39, 0.29) is 146 Å². The molecule has 33 heteroatoms. The molecule has 0 spiro atoms. The van der Waals surface area contributed by atoms with Gasteiger partial charge in [-0.25, -0.2) is 0 Å². The quantitative estimate of drug-likeness (QED) is 0.0369. The van der Waals surface area contributed by atoms with Crippen LogP contribution in [0.1, 0.15) is 117 Å². The van der Waals surface area contributed by atoms with Crippen molar-refractivity contribution in [3.8, 4) is 0 Å². The Morgan fingerprint density at radius 1 is 0.657 bits per heavy atom. The van der Waals surface area contributed by atoms with E-state index < -0.39 is 77.5 Å². The Morgan fingerprint density at radius 2 is 1.15 bits per heavy atom. The minimum Gasteiger partial charge on any atom is -0.480 e. The molecule has 2 bridgehead atoms. The maximum Gasteiger partial charge on any atom is 0.317 e. The summed E-state index contributed by atoms with van der Waals surface area (Å²) in [6.07, 6.45) is 1.50. The highest BCUT2D eigenvalue weighted by atomic mass is 32.2.